The number of ether oxygens (including phenoxy) is 3. The Bertz CT molecular complexity index is 756. The van der Waals surface area contributed by atoms with Crippen molar-refractivity contribution in [3.63, 3.8) is 0 Å². The summed E-state index contributed by atoms with van der Waals surface area (Å²) in [4.78, 5) is 34.1. The summed E-state index contributed by atoms with van der Waals surface area (Å²) in [5.74, 6) is -2.28. The molecule has 9 nitrogen and oxygen atoms in total. The monoisotopic (exact) mass is 451 g/mol. The lowest BCUT2D eigenvalue weighted by Gasteiger charge is -2.30. The van der Waals surface area contributed by atoms with E-state index in [1.54, 1.807) is 0 Å². The molecule has 2 N–H and O–H groups in total. The molecule has 3 aliphatic heterocycles. The van der Waals surface area contributed by atoms with E-state index in [0.717, 1.165) is 58.5 Å². The first kappa shape index (κ1) is 24.4. The second-order valence-corrected chi connectivity index (χ2v) is 9.07. The minimum absolute atomic E-state index is 0.0183. The maximum atomic E-state index is 12.6. The van der Waals surface area contributed by atoms with Crippen LogP contribution in [0.15, 0.2) is 23.8 Å². The lowest BCUT2D eigenvalue weighted by molar-refractivity contribution is -0.145. The first-order valence-corrected chi connectivity index (χ1v) is 11.2. The quantitative estimate of drug-likeness (QED) is 0.285. The number of hydrogen-bond donors (Lipinski definition) is 2. The Morgan fingerprint density at radius 1 is 1.22 bits per heavy atom. The molecule has 3 fully saturated rings. The van der Waals surface area contributed by atoms with Gasteiger partial charge in [0.15, 0.2) is 0 Å². The fourth-order valence-corrected chi connectivity index (χ4v) is 4.75. The highest BCUT2D eigenvalue weighted by Crippen LogP contribution is 2.50. The number of carboxylic acids is 2. The summed E-state index contributed by atoms with van der Waals surface area (Å²) in [6.07, 6.45) is 7.65. The molecule has 0 amide bonds. The van der Waals surface area contributed by atoms with E-state index in [9.17, 15) is 14.4 Å². The molecule has 0 bridgehead atoms. The van der Waals surface area contributed by atoms with E-state index in [-0.39, 0.29) is 35.6 Å². The van der Waals surface area contributed by atoms with Crippen molar-refractivity contribution >= 4 is 17.9 Å². The van der Waals surface area contributed by atoms with Gasteiger partial charge in [0.1, 0.15) is 12.2 Å². The van der Waals surface area contributed by atoms with Crippen LogP contribution in [0.3, 0.4) is 0 Å². The smallest absolute Gasteiger partial charge is 0.328 e. The van der Waals surface area contributed by atoms with Crippen LogP contribution in [0.1, 0.15) is 39.5 Å². The van der Waals surface area contributed by atoms with Crippen LogP contribution in [0.4, 0.5) is 0 Å². The van der Waals surface area contributed by atoms with E-state index >= 15 is 0 Å². The Kier molecular flexibility index (Phi) is 8.08. The first-order valence-electron chi connectivity index (χ1n) is 11.2. The summed E-state index contributed by atoms with van der Waals surface area (Å²) >= 11 is 0. The van der Waals surface area contributed by atoms with Gasteiger partial charge in [-0.1, -0.05) is 11.6 Å². The van der Waals surface area contributed by atoms with E-state index < -0.39 is 11.9 Å². The maximum Gasteiger partial charge on any atom is 0.328 e. The van der Waals surface area contributed by atoms with Gasteiger partial charge < -0.3 is 24.4 Å². The number of carbonyl (C=O) groups is 3. The lowest BCUT2D eigenvalue weighted by Crippen LogP contribution is -2.42. The van der Waals surface area contributed by atoms with Crippen molar-refractivity contribution in [1.82, 2.24) is 4.90 Å². The number of hydrogen-bond acceptors (Lipinski definition) is 7. The number of epoxide rings is 1. The van der Waals surface area contributed by atoms with E-state index in [1.165, 1.54) is 5.57 Å². The number of morpholine rings is 1. The highest BCUT2D eigenvalue weighted by atomic mass is 16.6. The number of esters is 1. The number of allylic oxidation sites excluding steroid dienone is 2. The third-order valence-corrected chi connectivity index (χ3v) is 6.67. The topological polar surface area (TPSA) is 126 Å². The summed E-state index contributed by atoms with van der Waals surface area (Å²) in [7, 11) is 0. The van der Waals surface area contributed by atoms with Crippen LogP contribution in [-0.2, 0) is 28.6 Å². The predicted octanol–water partition coefficient (Wildman–Crippen LogP) is 1.87. The van der Waals surface area contributed by atoms with Crippen molar-refractivity contribution in [3.8, 4) is 0 Å². The van der Waals surface area contributed by atoms with Gasteiger partial charge in [0, 0.05) is 37.7 Å². The van der Waals surface area contributed by atoms with E-state index in [1.807, 2.05) is 0 Å². The molecule has 0 aromatic rings. The zero-order valence-corrected chi connectivity index (χ0v) is 18.7. The SMILES string of the molecule is CC1=CCC[C@@]2(C)O[C@H]2[C@H]2OC(=O)[C@@H](CN3CCOCC3)[C@@H]2CC1.O=C(O)/C=C/C(=O)O. The second-order valence-electron chi connectivity index (χ2n) is 9.07. The van der Waals surface area contributed by atoms with E-state index in [2.05, 4.69) is 24.8 Å². The molecule has 3 heterocycles. The van der Waals surface area contributed by atoms with Crippen molar-refractivity contribution in [2.24, 2.45) is 11.8 Å². The zero-order chi connectivity index (χ0) is 23.3. The van der Waals surface area contributed by atoms with Gasteiger partial charge in [-0.3, -0.25) is 9.69 Å². The third-order valence-electron chi connectivity index (χ3n) is 6.67. The molecular formula is C23H33NO8. The van der Waals surface area contributed by atoms with Crippen LogP contribution in [0.25, 0.3) is 0 Å². The van der Waals surface area contributed by atoms with Crippen LogP contribution >= 0.6 is 0 Å². The Morgan fingerprint density at radius 2 is 1.88 bits per heavy atom. The van der Waals surface area contributed by atoms with Gasteiger partial charge in [-0.15, -0.1) is 0 Å². The van der Waals surface area contributed by atoms with Crippen LogP contribution in [-0.4, -0.2) is 83.7 Å². The van der Waals surface area contributed by atoms with Crippen LogP contribution in [0.2, 0.25) is 0 Å². The van der Waals surface area contributed by atoms with Gasteiger partial charge in [0.2, 0.25) is 0 Å². The molecule has 3 saturated heterocycles. The predicted molar refractivity (Wildman–Crippen MR) is 114 cm³/mol. The maximum absolute atomic E-state index is 12.6. The molecule has 32 heavy (non-hydrogen) atoms. The van der Waals surface area contributed by atoms with Crippen molar-refractivity contribution in [1.29, 1.82) is 0 Å². The summed E-state index contributed by atoms with van der Waals surface area (Å²) in [5.41, 5.74) is 1.33. The Hall–Kier alpha value is -2.23. The third kappa shape index (κ3) is 6.40. The number of carboxylic acid groups (broad SMARTS) is 2. The van der Waals surface area contributed by atoms with Gasteiger partial charge in [-0.25, -0.2) is 9.59 Å². The van der Waals surface area contributed by atoms with Gasteiger partial charge in [-0.05, 0) is 39.5 Å². The number of carbonyl (C=O) groups excluding carboxylic acids is 1. The van der Waals surface area contributed by atoms with E-state index in [4.69, 9.17) is 24.4 Å². The average Bonchev–Trinajstić information content (AvgIpc) is 3.32. The van der Waals surface area contributed by atoms with Crippen molar-refractivity contribution in [3.05, 3.63) is 23.8 Å². The van der Waals surface area contributed by atoms with Crippen LogP contribution in [0, 0.1) is 11.8 Å². The zero-order valence-electron chi connectivity index (χ0n) is 18.7. The second kappa shape index (κ2) is 10.6. The van der Waals surface area contributed by atoms with Crippen LogP contribution < -0.4 is 0 Å². The summed E-state index contributed by atoms with van der Waals surface area (Å²) in [6.45, 7) is 8.54. The largest absolute Gasteiger partial charge is 0.478 e. The number of aliphatic carboxylic acids is 2. The lowest BCUT2D eigenvalue weighted by atomic mass is 9.80. The molecular weight excluding hydrogens is 418 g/mol. The van der Waals surface area contributed by atoms with Crippen LogP contribution in [0.5, 0.6) is 0 Å². The summed E-state index contributed by atoms with van der Waals surface area (Å²) < 4.78 is 17.3. The highest BCUT2D eigenvalue weighted by molar-refractivity contribution is 5.89. The molecule has 9 heteroatoms. The number of nitrogens with zero attached hydrogens (tertiary/aromatic N) is 1. The number of fused-ring (bicyclic) bond motifs is 3. The molecule has 0 radical (unpaired) electrons. The molecule has 0 spiro atoms. The average molecular weight is 452 g/mol. The molecule has 5 atom stereocenters. The molecule has 0 unspecified atom stereocenters. The standard InChI is InChI=1S/C19H29NO4.C4H4O4/c1-13-4-3-7-19(2)17(24-19)16-14(6-5-13)15(18(21)23-16)12-20-8-10-22-11-9-20;5-3(6)1-2-4(7)8/h4,14-17H,3,5-12H2,1-2H3;1-2H,(H,5,6)(H,7,8)/b;2-1+/t14-,15-,16-,17-,19+;/m0./s1. The molecule has 178 valence electrons. The Balaban J connectivity index is 0.000000312. The van der Waals surface area contributed by atoms with Crippen molar-refractivity contribution < 1.29 is 38.8 Å². The highest BCUT2D eigenvalue weighted by Gasteiger charge is 2.62. The first-order chi connectivity index (χ1) is 15.2. The minimum Gasteiger partial charge on any atom is -0.478 e. The molecule has 4 rings (SSSR count). The molecule has 4 aliphatic rings. The Labute approximate surface area is 188 Å². The van der Waals surface area contributed by atoms with Crippen molar-refractivity contribution in [2.75, 3.05) is 32.8 Å². The fraction of sp³-hybridized carbons (Fsp3) is 0.696. The molecule has 0 aromatic carbocycles. The van der Waals surface area contributed by atoms with E-state index in [0.29, 0.717) is 12.2 Å². The van der Waals surface area contributed by atoms with Gasteiger partial charge >= 0.3 is 17.9 Å². The molecule has 0 aromatic heterocycles. The fourth-order valence-electron chi connectivity index (χ4n) is 4.75. The summed E-state index contributed by atoms with van der Waals surface area (Å²) in [5, 5.41) is 15.6. The Morgan fingerprint density at radius 3 is 2.50 bits per heavy atom. The van der Waals surface area contributed by atoms with Gasteiger partial charge in [-0.2, -0.15) is 0 Å². The van der Waals surface area contributed by atoms with Gasteiger partial charge in [0.05, 0.1) is 24.7 Å². The minimum atomic E-state index is -1.26. The van der Waals surface area contributed by atoms with Gasteiger partial charge in [0.25, 0.3) is 0 Å². The summed E-state index contributed by atoms with van der Waals surface area (Å²) in [6, 6.07) is 0. The number of rotatable bonds is 4. The molecule has 1 aliphatic carbocycles. The van der Waals surface area contributed by atoms with Crippen molar-refractivity contribution in [2.45, 2.75) is 57.3 Å². The normalized spacial score (nSPS) is 34.9. The molecule has 0 saturated carbocycles.